The number of carboxylic acids is 1. The molecule has 1 amide bonds. The van der Waals surface area contributed by atoms with Gasteiger partial charge in [0.1, 0.15) is 4.88 Å². The molecule has 24 heavy (non-hydrogen) atoms. The fourth-order valence-corrected chi connectivity index (χ4v) is 3.78. The van der Waals surface area contributed by atoms with Crippen LogP contribution >= 0.6 is 11.3 Å². The number of piperidine rings is 1. The van der Waals surface area contributed by atoms with Gasteiger partial charge in [-0.25, -0.2) is 4.98 Å². The number of aryl methyl sites for hydroxylation is 1. The lowest BCUT2D eigenvalue weighted by atomic mass is 9.93. The summed E-state index contributed by atoms with van der Waals surface area (Å²) in [5.74, 6) is -0.668. The number of thiazole rings is 1. The molecule has 9 heteroatoms. The average molecular weight is 349 g/mol. The van der Waals surface area contributed by atoms with Gasteiger partial charge >= 0.3 is 5.97 Å². The summed E-state index contributed by atoms with van der Waals surface area (Å²) in [6, 6.07) is 1.81. The van der Waals surface area contributed by atoms with Crippen molar-refractivity contribution in [2.75, 3.05) is 18.8 Å². The first-order valence-corrected chi connectivity index (χ1v) is 8.54. The molecule has 0 unspecified atom stereocenters. The number of nitrogen functional groups attached to an aromatic ring is 1. The lowest BCUT2D eigenvalue weighted by Gasteiger charge is -2.31. The summed E-state index contributed by atoms with van der Waals surface area (Å²) in [4.78, 5) is 29.8. The highest BCUT2D eigenvalue weighted by molar-refractivity contribution is 7.17. The number of hydrogen-bond donors (Lipinski definition) is 3. The van der Waals surface area contributed by atoms with Crippen LogP contribution in [0.2, 0.25) is 0 Å². The molecule has 0 aliphatic carbocycles. The molecule has 2 aromatic rings. The van der Waals surface area contributed by atoms with E-state index in [2.05, 4.69) is 15.2 Å². The van der Waals surface area contributed by atoms with Crippen molar-refractivity contribution in [3.05, 3.63) is 28.0 Å². The van der Waals surface area contributed by atoms with Gasteiger partial charge in [0.15, 0.2) is 5.13 Å². The molecule has 0 spiro atoms. The Balaban J connectivity index is 1.61. The number of carbonyl (C=O) groups excluding carboxylic acids is 1. The zero-order valence-electron chi connectivity index (χ0n) is 13.3. The zero-order chi connectivity index (χ0) is 17.3. The van der Waals surface area contributed by atoms with Crippen LogP contribution < -0.4 is 5.73 Å². The monoisotopic (exact) mass is 349 g/mol. The van der Waals surface area contributed by atoms with E-state index in [4.69, 9.17) is 10.8 Å². The Labute approximate surface area is 142 Å². The molecule has 0 saturated carbocycles. The zero-order valence-corrected chi connectivity index (χ0v) is 14.1. The number of nitrogens with zero attached hydrogens (tertiary/aromatic N) is 3. The summed E-state index contributed by atoms with van der Waals surface area (Å²) in [6.45, 7) is 3.07. The molecule has 0 atom stereocenters. The first kappa shape index (κ1) is 16.4. The van der Waals surface area contributed by atoms with E-state index in [-0.39, 0.29) is 18.2 Å². The van der Waals surface area contributed by atoms with Crippen LogP contribution in [-0.2, 0) is 11.2 Å². The minimum atomic E-state index is -0.884. The van der Waals surface area contributed by atoms with Crippen molar-refractivity contribution < 1.29 is 14.7 Å². The molecule has 1 saturated heterocycles. The van der Waals surface area contributed by atoms with E-state index in [1.54, 1.807) is 6.92 Å². The molecule has 128 valence electrons. The molecule has 2 aromatic heterocycles. The number of rotatable bonds is 4. The maximum Gasteiger partial charge on any atom is 0.309 e. The molecule has 1 fully saturated rings. The van der Waals surface area contributed by atoms with Gasteiger partial charge in [-0.15, -0.1) is 0 Å². The molecule has 3 heterocycles. The van der Waals surface area contributed by atoms with Crippen molar-refractivity contribution in [3.63, 3.8) is 0 Å². The second kappa shape index (κ2) is 6.60. The maximum atomic E-state index is 12.6. The fourth-order valence-electron chi connectivity index (χ4n) is 2.98. The van der Waals surface area contributed by atoms with Crippen molar-refractivity contribution in [1.29, 1.82) is 0 Å². The number of aliphatic carboxylic acids is 1. The number of aromatic amines is 1. The largest absolute Gasteiger partial charge is 0.481 e. The predicted octanol–water partition coefficient (Wildman–Crippen LogP) is 1.40. The SMILES string of the molecule is Cc1nc(N)sc1C(=O)N1CCC(c2cc(CC(=O)O)[nH]n2)CC1. The van der Waals surface area contributed by atoms with E-state index in [9.17, 15) is 9.59 Å². The van der Waals surface area contributed by atoms with E-state index in [0.717, 1.165) is 18.5 Å². The third kappa shape index (κ3) is 3.40. The van der Waals surface area contributed by atoms with Gasteiger partial charge in [-0.2, -0.15) is 5.10 Å². The summed E-state index contributed by atoms with van der Waals surface area (Å²) < 4.78 is 0. The molecule has 1 aliphatic rings. The summed E-state index contributed by atoms with van der Waals surface area (Å²) in [5, 5.41) is 16.2. The molecular weight excluding hydrogens is 330 g/mol. The molecule has 3 rings (SSSR count). The smallest absolute Gasteiger partial charge is 0.309 e. The normalized spacial score (nSPS) is 15.6. The highest BCUT2D eigenvalue weighted by atomic mass is 32.1. The number of hydrogen-bond acceptors (Lipinski definition) is 6. The van der Waals surface area contributed by atoms with Gasteiger partial charge < -0.3 is 15.7 Å². The molecule has 0 aromatic carbocycles. The lowest BCUT2D eigenvalue weighted by molar-refractivity contribution is -0.136. The predicted molar refractivity (Wildman–Crippen MR) is 89.1 cm³/mol. The van der Waals surface area contributed by atoms with Crippen LogP contribution in [0.1, 0.15) is 45.5 Å². The van der Waals surface area contributed by atoms with Crippen molar-refractivity contribution in [2.45, 2.75) is 32.1 Å². The van der Waals surface area contributed by atoms with Gasteiger partial charge in [0, 0.05) is 24.7 Å². The number of amides is 1. The number of carbonyl (C=O) groups is 2. The molecule has 1 aliphatic heterocycles. The third-order valence-electron chi connectivity index (χ3n) is 4.20. The third-order valence-corrected chi connectivity index (χ3v) is 5.17. The van der Waals surface area contributed by atoms with E-state index >= 15 is 0 Å². The number of H-pyrrole nitrogens is 1. The van der Waals surface area contributed by atoms with Crippen molar-refractivity contribution in [1.82, 2.24) is 20.1 Å². The molecule has 8 nitrogen and oxygen atoms in total. The second-order valence-corrected chi connectivity index (χ2v) is 6.95. The minimum absolute atomic E-state index is 0.0197. The molecular formula is C15H19N5O3S. The first-order valence-electron chi connectivity index (χ1n) is 7.72. The van der Waals surface area contributed by atoms with E-state index < -0.39 is 5.97 Å². The Morgan fingerprint density at radius 2 is 2.17 bits per heavy atom. The fraction of sp³-hybridized carbons (Fsp3) is 0.467. The van der Waals surface area contributed by atoms with Crippen molar-refractivity contribution in [2.24, 2.45) is 0 Å². The molecule has 4 N–H and O–H groups in total. The van der Waals surface area contributed by atoms with Crippen LogP contribution in [0.15, 0.2) is 6.07 Å². The van der Waals surface area contributed by atoms with E-state index in [1.807, 2.05) is 11.0 Å². The first-order chi connectivity index (χ1) is 11.4. The van der Waals surface area contributed by atoms with Crippen LogP contribution in [-0.4, -0.2) is 50.2 Å². The van der Waals surface area contributed by atoms with Gasteiger partial charge in [-0.1, -0.05) is 11.3 Å². The summed E-state index contributed by atoms with van der Waals surface area (Å²) in [5.41, 5.74) is 7.82. The van der Waals surface area contributed by atoms with Crippen LogP contribution in [0.5, 0.6) is 0 Å². The Kier molecular flexibility index (Phi) is 4.52. The molecule has 0 radical (unpaired) electrons. The Hall–Kier alpha value is -2.42. The number of nitrogens with one attached hydrogen (secondary N) is 1. The second-order valence-electron chi connectivity index (χ2n) is 5.92. The van der Waals surface area contributed by atoms with Gasteiger partial charge in [-0.05, 0) is 25.8 Å². The van der Waals surface area contributed by atoms with Gasteiger partial charge in [-0.3, -0.25) is 14.7 Å². The van der Waals surface area contributed by atoms with Gasteiger partial charge in [0.25, 0.3) is 5.91 Å². The topological polar surface area (TPSA) is 125 Å². The van der Waals surface area contributed by atoms with Crippen LogP contribution in [0.3, 0.4) is 0 Å². The number of nitrogens with two attached hydrogens (primary N) is 1. The summed E-state index contributed by atoms with van der Waals surface area (Å²) in [6.07, 6.45) is 1.54. The summed E-state index contributed by atoms with van der Waals surface area (Å²) >= 11 is 1.22. The Morgan fingerprint density at radius 1 is 1.46 bits per heavy atom. The van der Waals surface area contributed by atoms with E-state index in [1.165, 1.54) is 11.3 Å². The Morgan fingerprint density at radius 3 is 2.75 bits per heavy atom. The highest BCUT2D eigenvalue weighted by Crippen LogP contribution is 2.29. The van der Waals surface area contributed by atoms with Crippen LogP contribution in [0, 0.1) is 6.92 Å². The number of carboxylic acid groups (broad SMARTS) is 1. The highest BCUT2D eigenvalue weighted by Gasteiger charge is 2.28. The average Bonchev–Trinajstić information content (AvgIpc) is 3.12. The standard InChI is InChI=1S/C15H19N5O3S/c1-8-13(24-15(16)17-8)14(23)20-4-2-9(3-5-20)11-6-10(18-19-11)7-12(21)22/h6,9H,2-5,7H2,1H3,(H2,16,17)(H,18,19)(H,21,22). The lowest BCUT2D eigenvalue weighted by Crippen LogP contribution is -2.37. The minimum Gasteiger partial charge on any atom is -0.481 e. The van der Waals surface area contributed by atoms with Crippen LogP contribution in [0.4, 0.5) is 5.13 Å². The van der Waals surface area contributed by atoms with Crippen molar-refractivity contribution >= 4 is 28.3 Å². The Bertz CT molecular complexity index is 761. The van der Waals surface area contributed by atoms with Crippen LogP contribution in [0.25, 0.3) is 0 Å². The molecule has 0 bridgehead atoms. The quantitative estimate of drug-likeness (QED) is 0.766. The van der Waals surface area contributed by atoms with Crippen molar-refractivity contribution in [3.8, 4) is 0 Å². The van der Waals surface area contributed by atoms with E-state index in [0.29, 0.717) is 34.5 Å². The summed E-state index contributed by atoms with van der Waals surface area (Å²) in [7, 11) is 0. The van der Waals surface area contributed by atoms with Gasteiger partial charge in [0.2, 0.25) is 0 Å². The number of anilines is 1. The number of likely N-dealkylation sites (tertiary alicyclic amines) is 1. The maximum absolute atomic E-state index is 12.6. The van der Waals surface area contributed by atoms with Gasteiger partial charge in [0.05, 0.1) is 17.8 Å². The number of aromatic nitrogens is 3.